The van der Waals surface area contributed by atoms with Gasteiger partial charge in [0.05, 0.1) is 7.11 Å². The van der Waals surface area contributed by atoms with Crippen LogP contribution in [0.2, 0.25) is 5.02 Å². The molecule has 0 unspecified atom stereocenters. The summed E-state index contributed by atoms with van der Waals surface area (Å²) >= 11 is 6.04. The summed E-state index contributed by atoms with van der Waals surface area (Å²) in [5, 5.41) is 7.18. The predicted octanol–water partition coefficient (Wildman–Crippen LogP) is 4.88. The molecule has 2 N–H and O–H groups in total. The number of ether oxygens (including phenoxy) is 1. The number of aryl methyl sites for hydroxylation is 1. The molecule has 7 nitrogen and oxygen atoms in total. The highest BCUT2D eigenvalue weighted by Crippen LogP contribution is 2.26. The highest BCUT2D eigenvalue weighted by molar-refractivity contribution is 6.30. The van der Waals surface area contributed by atoms with Crippen molar-refractivity contribution in [2.75, 3.05) is 17.7 Å². The van der Waals surface area contributed by atoms with Crippen LogP contribution in [0.3, 0.4) is 0 Å². The summed E-state index contributed by atoms with van der Waals surface area (Å²) in [6.45, 7) is 1.96. The van der Waals surface area contributed by atoms with Gasteiger partial charge in [-0.15, -0.1) is 0 Å². The van der Waals surface area contributed by atoms with Crippen LogP contribution in [0.1, 0.15) is 5.56 Å². The average Bonchev–Trinajstić information content (AvgIpc) is 2.71. The van der Waals surface area contributed by atoms with E-state index in [0.717, 1.165) is 22.7 Å². The number of hydrogen-bond acceptors (Lipinski definition) is 7. The number of nitrogens with zero attached hydrogens (tertiary/aromatic N) is 4. The number of methoxy groups -OCH3 is 1. The van der Waals surface area contributed by atoms with Gasteiger partial charge in [-0.1, -0.05) is 11.6 Å². The number of benzene rings is 2. The Hall–Kier alpha value is -3.45. The number of nitrogens with one attached hydrogen (secondary N) is 2. The molecule has 0 radical (unpaired) electrons. The molecule has 0 bridgehead atoms. The number of halogens is 1. The van der Waals surface area contributed by atoms with Crippen molar-refractivity contribution in [1.29, 1.82) is 0 Å². The van der Waals surface area contributed by atoms with Crippen molar-refractivity contribution in [2.45, 2.75) is 6.92 Å². The van der Waals surface area contributed by atoms with Crippen LogP contribution in [0, 0.1) is 6.92 Å². The summed E-state index contributed by atoms with van der Waals surface area (Å²) < 4.78 is 5.20. The fraction of sp³-hybridized carbons (Fsp3) is 0.100. The van der Waals surface area contributed by atoms with Crippen molar-refractivity contribution in [3.63, 3.8) is 0 Å². The van der Waals surface area contributed by atoms with Crippen LogP contribution in [0.25, 0.3) is 11.2 Å². The van der Waals surface area contributed by atoms with Crippen molar-refractivity contribution in [1.82, 2.24) is 19.9 Å². The van der Waals surface area contributed by atoms with Crippen molar-refractivity contribution >= 4 is 45.9 Å². The maximum atomic E-state index is 6.04. The van der Waals surface area contributed by atoms with Crippen LogP contribution >= 0.6 is 11.6 Å². The molecule has 4 aromatic rings. The van der Waals surface area contributed by atoms with E-state index in [1.165, 1.54) is 0 Å². The minimum atomic E-state index is 0.412. The Kier molecular flexibility index (Phi) is 4.90. The smallest absolute Gasteiger partial charge is 0.231 e. The molecular formula is C20H17ClN6O. The normalized spacial score (nSPS) is 10.7. The molecule has 0 saturated heterocycles. The highest BCUT2D eigenvalue weighted by atomic mass is 35.5. The molecule has 0 aliphatic carbocycles. The number of rotatable bonds is 5. The molecular weight excluding hydrogens is 376 g/mol. The Balaban J connectivity index is 1.72. The third-order valence-corrected chi connectivity index (χ3v) is 4.36. The average molecular weight is 393 g/mol. The van der Waals surface area contributed by atoms with Crippen LogP contribution in [0.5, 0.6) is 5.75 Å². The Morgan fingerprint density at radius 1 is 0.929 bits per heavy atom. The number of anilines is 4. The van der Waals surface area contributed by atoms with Crippen molar-refractivity contribution in [3.8, 4) is 5.75 Å². The van der Waals surface area contributed by atoms with Gasteiger partial charge < -0.3 is 15.4 Å². The van der Waals surface area contributed by atoms with Crippen LogP contribution in [0.4, 0.5) is 23.1 Å². The summed E-state index contributed by atoms with van der Waals surface area (Å²) in [6.07, 6.45) is 3.21. The molecule has 0 spiro atoms. The van der Waals surface area contributed by atoms with Gasteiger partial charge in [-0.25, -0.2) is 9.97 Å². The molecule has 28 heavy (non-hydrogen) atoms. The minimum Gasteiger partial charge on any atom is -0.497 e. The second-order valence-corrected chi connectivity index (χ2v) is 6.50. The molecule has 4 rings (SSSR count). The van der Waals surface area contributed by atoms with E-state index in [4.69, 9.17) is 16.3 Å². The van der Waals surface area contributed by atoms with E-state index in [-0.39, 0.29) is 0 Å². The fourth-order valence-electron chi connectivity index (χ4n) is 2.71. The van der Waals surface area contributed by atoms with Gasteiger partial charge in [0.1, 0.15) is 5.75 Å². The Bertz CT molecular complexity index is 1130. The van der Waals surface area contributed by atoms with E-state index in [1.807, 2.05) is 49.4 Å². The third-order valence-electron chi connectivity index (χ3n) is 4.12. The lowest BCUT2D eigenvalue weighted by Crippen LogP contribution is -2.04. The number of aromatic nitrogens is 4. The molecule has 140 valence electrons. The monoisotopic (exact) mass is 392 g/mol. The van der Waals surface area contributed by atoms with Crippen molar-refractivity contribution in [3.05, 3.63) is 65.4 Å². The van der Waals surface area contributed by atoms with E-state index < -0.39 is 0 Å². The van der Waals surface area contributed by atoms with Crippen molar-refractivity contribution < 1.29 is 4.74 Å². The molecule has 0 atom stereocenters. The Morgan fingerprint density at radius 2 is 1.71 bits per heavy atom. The first-order valence-corrected chi connectivity index (χ1v) is 8.93. The summed E-state index contributed by atoms with van der Waals surface area (Å²) in [7, 11) is 1.63. The first-order chi connectivity index (χ1) is 13.6. The lowest BCUT2D eigenvalue weighted by Gasteiger charge is -2.12. The highest BCUT2D eigenvalue weighted by Gasteiger charge is 2.11. The van der Waals surface area contributed by atoms with Gasteiger partial charge in [0.25, 0.3) is 0 Å². The maximum absolute atomic E-state index is 6.04. The molecule has 2 aromatic carbocycles. The number of fused-ring (bicyclic) bond motifs is 1. The van der Waals surface area contributed by atoms with Gasteiger partial charge in [-0.3, -0.25) is 0 Å². The largest absolute Gasteiger partial charge is 0.497 e. The molecule has 2 heterocycles. The second kappa shape index (κ2) is 7.66. The summed E-state index contributed by atoms with van der Waals surface area (Å²) in [6, 6.07) is 13.1. The zero-order valence-corrected chi connectivity index (χ0v) is 16.0. The van der Waals surface area contributed by atoms with E-state index >= 15 is 0 Å². The van der Waals surface area contributed by atoms with Gasteiger partial charge >= 0.3 is 0 Å². The topological polar surface area (TPSA) is 84.9 Å². The Morgan fingerprint density at radius 3 is 2.46 bits per heavy atom. The Labute approximate surface area is 166 Å². The van der Waals surface area contributed by atoms with E-state index in [0.29, 0.717) is 28.0 Å². The number of hydrogen-bond donors (Lipinski definition) is 2. The van der Waals surface area contributed by atoms with E-state index in [1.54, 1.807) is 19.5 Å². The van der Waals surface area contributed by atoms with Crippen LogP contribution < -0.4 is 15.4 Å². The third kappa shape index (κ3) is 3.79. The first kappa shape index (κ1) is 17.9. The summed E-state index contributed by atoms with van der Waals surface area (Å²) in [5.41, 5.74) is 3.77. The maximum Gasteiger partial charge on any atom is 0.231 e. The molecule has 0 saturated carbocycles. The lowest BCUT2D eigenvalue weighted by molar-refractivity contribution is 0.415. The molecule has 8 heteroatoms. The van der Waals surface area contributed by atoms with Crippen LogP contribution in [0.15, 0.2) is 54.9 Å². The van der Waals surface area contributed by atoms with E-state index in [2.05, 4.69) is 30.6 Å². The first-order valence-electron chi connectivity index (χ1n) is 8.55. The quantitative estimate of drug-likeness (QED) is 0.500. The SMILES string of the molecule is COc1ccc(Nc2nc(Nc3ccc(Cl)cc3C)nc3nccnc23)cc1. The van der Waals surface area contributed by atoms with Gasteiger partial charge in [0.2, 0.25) is 5.95 Å². The zero-order valence-electron chi connectivity index (χ0n) is 15.3. The van der Waals surface area contributed by atoms with Gasteiger partial charge in [-0.2, -0.15) is 9.97 Å². The summed E-state index contributed by atoms with van der Waals surface area (Å²) in [5.74, 6) is 1.74. The van der Waals surface area contributed by atoms with Crippen LogP contribution in [-0.4, -0.2) is 27.0 Å². The molecule has 0 aliphatic rings. The fourth-order valence-corrected chi connectivity index (χ4v) is 2.93. The van der Waals surface area contributed by atoms with Crippen LogP contribution in [-0.2, 0) is 0 Å². The van der Waals surface area contributed by atoms with Gasteiger partial charge in [0.15, 0.2) is 17.0 Å². The lowest BCUT2D eigenvalue weighted by atomic mass is 10.2. The predicted molar refractivity (Wildman–Crippen MR) is 111 cm³/mol. The van der Waals surface area contributed by atoms with Gasteiger partial charge in [0, 0.05) is 28.8 Å². The second-order valence-electron chi connectivity index (χ2n) is 6.06. The molecule has 0 aliphatic heterocycles. The minimum absolute atomic E-state index is 0.412. The van der Waals surface area contributed by atoms with E-state index in [9.17, 15) is 0 Å². The molecule has 2 aromatic heterocycles. The molecule has 0 fully saturated rings. The molecule has 0 amide bonds. The summed E-state index contributed by atoms with van der Waals surface area (Å²) in [4.78, 5) is 17.8. The standard InChI is InChI=1S/C20H17ClN6O/c1-12-11-13(21)3-8-16(12)25-20-26-18-17(22-9-10-23-18)19(27-20)24-14-4-6-15(28-2)7-5-14/h3-11H,1-2H3,(H2,23,24,25,26,27). The van der Waals surface area contributed by atoms with Crippen molar-refractivity contribution in [2.24, 2.45) is 0 Å². The van der Waals surface area contributed by atoms with Gasteiger partial charge in [-0.05, 0) is 55.0 Å². The zero-order chi connectivity index (χ0) is 19.5.